The van der Waals surface area contributed by atoms with Crippen LogP contribution in [0.3, 0.4) is 0 Å². The van der Waals surface area contributed by atoms with Crippen molar-refractivity contribution in [3.8, 4) is 0 Å². The van der Waals surface area contributed by atoms with Gasteiger partial charge in [0.05, 0.1) is 5.75 Å². The molecule has 90 valence electrons. The third-order valence-corrected chi connectivity index (χ3v) is 4.98. The van der Waals surface area contributed by atoms with E-state index < -0.39 is 9.84 Å². The fourth-order valence-corrected chi connectivity index (χ4v) is 3.60. The summed E-state index contributed by atoms with van der Waals surface area (Å²) in [5.41, 5.74) is 6.34. The first kappa shape index (κ1) is 13.9. The number of thioether (sulfide) groups is 1. The molecule has 0 unspecified atom stereocenters. The van der Waals surface area contributed by atoms with Crippen molar-refractivity contribution < 1.29 is 8.42 Å². The normalized spacial score (nSPS) is 11.6. The molecule has 0 atom stereocenters. The number of nitrogens with two attached hydrogens (primary N) is 1. The van der Waals surface area contributed by atoms with Crippen LogP contribution >= 0.6 is 27.7 Å². The van der Waals surface area contributed by atoms with Crippen LogP contribution in [-0.4, -0.2) is 26.2 Å². The van der Waals surface area contributed by atoms with Gasteiger partial charge in [0.25, 0.3) is 0 Å². The van der Waals surface area contributed by atoms with Crippen LogP contribution in [0.2, 0.25) is 0 Å². The molecule has 16 heavy (non-hydrogen) atoms. The number of hydrogen-bond donors (Lipinski definition) is 1. The molecule has 0 aliphatic carbocycles. The first-order chi connectivity index (χ1) is 7.38. The molecular weight excluding hydrogens is 310 g/mol. The van der Waals surface area contributed by atoms with Crippen molar-refractivity contribution in [1.29, 1.82) is 0 Å². The SMILES string of the molecule is CS(=O)(=O)CCCSc1ccc(N)cc1Br. The zero-order valence-electron chi connectivity index (χ0n) is 8.94. The lowest BCUT2D eigenvalue weighted by Crippen LogP contribution is -2.03. The number of nitrogen functional groups attached to an aromatic ring is 1. The Kier molecular flexibility index (Phi) is 5.14. The molecule has 0 saturated carbocycles. The second-order valence-electron chi connectivity index (χ2n) is 3.52. The third-order valence-electron chi connectivity index (χ3n) is 1.87. The smallest absolute Gasteiger partial charge is 0.147 e. The van der Waals surface area contributed by atoms with Crippen molar-refractivity contribution >= 4 is 43.2 Å². The number of halogens is 1. The predicted molar refractivity (Wildman–Crippen MR) is 73.6 cm³/mol. The summed E-state index contributed by atoms with van der Waals surface area (Å²) in [6.45, 7) is 0. The molecule has 1 aromatic carbocycles. The lowest BCUT2D eigenvalue weighted by molar-refractivity contribution is 0.600. The Morgan fingerprint density at radius 2 is 2.12 bits per heavy atom. The van der Waals surface area contributed by atoms with Crippen LogP contribution < -0.4 is 5.73 Å². The minimum atomic E-state index is -2.84. The van der Waals surface area contributed by atoms with Gasteiger partial charge in [-0.25, -0.2) is 8.42 Å². The van der Waals surface area contributed by atoms with Crippen LogP contribution in [0, 0.1) is 0 Å². The molecule has 0 fully saturated rings. The lowest BCUT2D eigenvalue weighted by Gasteiger charge is -2.04. The highest BCUT2D eigenvalue weighted by atomic mass is 79.9. The zero-order valence-corrected chi connectivity index (χ0v) is 12.2. The van der Waals surface area contributed by atoms with Gasteiger partial charge in [-0.15, -0.1) is 11.8 Å². The molecular formula is C10H14BrNO2S2. The van der Waals surface area contributed by atoms with E-state index in [1.807, 2.05) is 18.2 Å². The molecule has 6 heteroatoms. The Morgan fingerprint density at radius 1 is 1.44 bits per heavy atom. The highest BCUT2D eigenvalue weighted by molar-refractivity contribution is 9.10. The van der Waals surface area contributed by atoms with Crippen molar-refractivity contribution in [2.75, 3.05) is 23.5 Å². The van der Waals surface area contributed by atoms with Gasteiger partial charge in [0.1, 0.15) is 9.84 Å². The predicted octanol–water partition coefficient (Wildman–Crippen LogP) is 2.56. The first-order valence-corrected chi connectivity index (χ1v) is 8.58. The quantitative estimate of drug-likeness (QED) is 0.514. The summed E-state index contributed by atoms with van der Waals surface area (Å²) in [4.78, 5) is 1.09. The highest BCUT2D eigenvalue weighted by Crippen LogP contribution is 2.29. The Bertz CT molecular complexity index is 460. The molecule has 0 aliphatic heterocycles. The number of anilines is 1. The van der Waals surface area contributed by atoms with Crippen LogP contribution in [0.15, 0.2) is 27.6 Å². The van der Waals surface area contributed by atoms with Gasteiger partial charge in [-0.3, -0.25) is 0 Å². The van der Waals surface area contributed by atoms with Crippen LogP contribution in [-0.2, 0) is 9.84 Å². The minimum absolute atomic E-state index is 0.243. The van der Waals surface area contributed by atoms with E-state index in [1.54, 1.807) is 11.8 Å². The van der Waals surface area contributed by atoms with Crippen LogP contribution in [0.5, 0.6) is 0 Å². The van der Waals surface area contributed by atoms with Gasteiger partial charge in [-0.2, -0.15) is 0 Å². The topological polar surface area (TPSA) is 60.2 Å². The lowest BCUT2D eigenvalue weighted by atomic mass is 10.3. The minimum Gasteiger partial charge on any atom is -0.399 e. The molecule has 2 N–H and O–H groups in total. The molecule has 0 aliphatic rings. The second kappa shape index (κ2) is 5.93. The second-order valence-corrected chi connectivity index (χ2v) is 7.77. The van der Waals surface area contributed by atoms with Crippen LogP contribution in [0.4, 0.5) is 5.69 Å². The number of sulfone groups is 1. The van der Waals surface area contributed by atoms with E-state index in [9.17, 15) is 8.42 Å². The maximum atomic E-state index is 10.9. The third kappa shape index (κ3) is 5.23. The van der Waals surface area contributed by atoms with E-state index in [1.165, 1.54) is 6.26 Å². The largest absolute Gasteiger partial charge is 0.399 e. The molecule has 0 saturated heterocycles. The molecule has 0 amide bonds. The van der Waals surface area contributed by atoms with Gasteiger partial charge in [-0.1, -0.05) is 0 Å². The molecule has 0 radical (unpaired) electrons. The van der Waals surface area contributed by atoms with Crippen molar-refractivity contribution in [3.63, 3.8) is 0 Å². The van der Waals surface area contributed by atoms with E-state index in [0.717, 1.165) is 15.1 Å². The maximum absolute atomic E-state index is 10.9. The Labute approximate surface area is 109 Å². The molecule has 0 heterocycles. The Balaban J connectivity index is 2.43. The number of hydrogen-bond acceptors (Lipinski definition) is 4. The summed E-state index contributed by atoms with van der Waals surface area (Å²) in [6.07, 6.45) is 1.93. The van der Waals surface area contributed by atoms with Crippen molar-refractivity contribution in [1.82, 2.24) is 0 Å². The van der Waals surface area contributed by atoms with Gasteiger partial charge >= 0.3 is 0 Å². The maximum Gasteiger partial charge on any atom is 0.147 e. The van der Waals surface area contributed by atoms with E-state index in [4.69, 9.17) is 5.73 Å². The fourth-order valence-electron chi connectivity index (χ4n) is 1.14. The molecule has 1 rings (SSSR count). The number of benzene rings is 1. The summed E-state index contributed by atoms with van der Waals surface area (Å²) >= 11 is 5.05. The van der Waals surface area contributed by atoms with Gasteiger partial charge in [0.2, 0.25) is 0 Å². The average Bonchev–Trinajstić information content (AvgIpc) is 2.13. The average molecular weight is 324 g/mol. The summed E-state index contributed by atoms with van der Waals surface area (Å²) in [7, 11) is -2.84. The summed E-state index contributed by atoms with van der Waals surface area (Å²) in [6, 6.07) is 5.62. The Hall–Kier alpha value is -0.200. The van der Waals surface area contributed by atoms with Crippen LogP contribution in [0.1, 0.15) is 6.42 Å². The van der Waals surface area contributed by atoms with Gasteiger partial charge in [0, 0.05) is 21.3 Å². The zero-order chi connectivity index (χ0) is 12.2. The van der Waals surface area contributed by atoms with Crippen molar-refractivity contribution in [3.05, 3.63) is 22.7 Å². The molecule has 0 bridgehead atoms. The van der Waals surface area contributed by atoms with E-state index >= 15 is 0 Å². The Morgan fingerprint density at radius 3 is 2.69 bits per heavy atom. The molecule has 0 spiro atoms. The fraction of sp³-hybridized carbons (Fsp3) is 0.400. The van der Waals surface area contributed by atoms with Gasteiger partial charge in [0.15, 0.2) is 0 Å². The van der Waals surface area contributed by atoms with E-state index in [0.29, 0.717) is 12.1 Å². The molecule has 1 aromatic rings. The van der Waals surface area contributed by atoms with E-state index in [-0.39, 0.29) is 5.75 Å². The van der Waals surface area contributed by atoms with Gasteiger partial charge in [-0.05, 0) is 46.3 Å². The van der Waals surface area contributed by atoms with E-state index in [2.05, 4.69) is 15.9 Å². The van der Waals surface area contributed by atoms with Crippen molar-refractivity contribution in [2.45, 2.75) is 11.3 Å². The summed E-state index contributed by atoms with van der Waals surface area (Å²) in [5, 5.41) is 0. The first-order valence-electron chi connectivity index (χ1n) is 4.74. The van der Waals surface area contributed by atoms with Gasteiger partial charge < -0.3 is 5.73 Å². The van der Waals surface area contributed by atoms with Crippen LogP contribution in [0.25, 0.3) is 0 Å². The number of rotatable bonds is 5. The highest BCUT2D eigenvalue weighted by Gasteiger charge is 2.04. The monoisotopic (exact) mass is 323 g/mol. The molecule has 3 nitrogen and oxygen atoms in total. The summed E-state index contributed by atoms with van der Waals surface area (Å²) in [5.74, 6) is 1.03. The molecule has 0 aromatic heterocycles. The summed E-state index contributed by atoms with van der Waals surface area (Å²) < 4.78 is 22.8. The van der Waals surface area contributed by atoms with Crippen molar-refractivity contribution in [2.24, 2.45) is 0 Å². The standard InChI is InChI=1S/C10H14BrNO2S2/c1-16(13,14)6-2-5-15-10-4-3-8(12)7-9(10)11/h3-4,7H,2,5-6,12H2,1H3.